The van der Waals surface area contributed by atoms with Crippen LogP contribution in [0.5, 0.6) is 0 Å². The van der Waals surface area contributed by atoms with E-state index >= 15 is 0 Å². The molecule has 46 heavy (non-hydrogen) atoms. The Morgan fingerprint density at radius 1 is 0.348 bits per heavy atom. The van der Waals surface area contributed by atoms with Crippen molar-refractivity contribution in [1.29, 1.82) is 0 Å². The van der Waals surface area contributed by atoms with Gasteiger partial charge in [-0.15, -0.1) is 0 Å². The van der Waals surface area contributed by atoms with E-state index in [9.17, 15) is 2.74 Å². The number of hydrogen-bond donors (Lipinski definition) is 0. The first-order valence-corrected chi connectivity index (χ1v) is 15.0. The van der Waals surface area contributed by atoms with E-state index in [2.05, 4.69) is 0 Å². The molecule has 0 saturated heterocycles. The van der Waals surface area contributed by atoms with E-state index in [1.165, 1.54) is 0 Å². The number of furan rings is 2. The van der Waals surface area contributed by atoms with Crippen molar-refractivity contribution in [1.82, 2.24) is 0 Å². The Hall–Kier alpha value is -6.12. The average Bonchev–Trinajstić information content (AvgIpc) is 3.77. The molecule has 2 nitrogen and oxygen atoms in total. The fourth-order valence-corrected chi connectivity index (χ4v) is 6.92. The lowest BCUT2D eigenvalue weighted by atomic mass is 9.85. The molecule has 0 bridgehead atoms. The molecule has 0 N–H and O–H groups in total. The highest BCUT2D eigenvalue weighted by Gasteiger charge is 2.18. The molecule has 0 spiro atoms. The highest BCUT2D eigenvalue weighted by Crippen LogP contribution is 2.45. The van der Waals surface area contributed by atoms with Crippen molar-refractivity contribution in [2.24, 2.45) is 0 Å². The molecule has 0 amide bonds. The summed E-state index contributed by atoms with van der Waals surface area (Å²) in [5.74, 6) is 0. The fourth-order valence-electron chi connectivity index (χ4n) is 6.92. The van der Waals surface area contributed by atoms with Crippen LogP contribution in [0.1, 0.15) is 11.0 Å². The summed E-state index contributed by atoms with van der Waals surface area (Å²) in [5.41, 5.74) is 6.34. The number of benzene rings is 8. The van der Waals surface area contributed by atoms with Crippen LogP contribution in [0.15, 0.2) is 166 Å². The molecule has 0 aliphatic carbocycles. The molecule has 2 aromatic heterocycles. The first-order chi connectivity index (χ1) is 26.1. The fraction of sp³-hybridized carbons (Fsp3) is 0. The molecular weight excluding hydrogens is 560 g/mol. The van der Waals surface area contributed by atoms with E-state index < -0.39 is 24.2 Å². The number of para-hydroxylation sites is 1. The van der Waals surface area contributed by atoms with Crippen LogP contribution < -0.4 is 0 Å². The van der Waals surface area contributed by atoms with Crippen molar-refractivity contribution >= 4 is 65.4 Å². The minimum absolute atomic E-state index is 0.179. The van der Waals surface area contributed by atoms with Crippen LogP contribution in [0.2, 0.25) is 0 Å². The van der Waals surface area contributed by atoms with Gasteiger partial charge in [-0.2, -0.15) is 0 Å². The molecule has 10 aromatic rings. The number of hydrogen-bond acceptors (Lipinski definition) is 2. The van der Waals surface area contributed by atoms with Gasteiger partial charge in [0.1, 0.15) is 22.3 Å². The van der Waals surface area contributed by atoms with E-state index in [4.69, 9.17) is 17.1 Å². The second kappa shape index (κ2) is 9.69. The van der Waals surface area contributed by atoms with Gasteiger partial charge in [-0.25, -0.2) is 0 Å². The van der Waals surface area contributed by atoms with Crippen LogP contribution in [0, 0.1) is 0 Å². The van der Waals surface area contributed by atoms with E-state index in [1.54, 1.807) is 24.3 Å². The summed E-state index contributed by atoms with van der Waals surface area (Å²) in [7, 11) is 0. The van der Waals surface area contributed by atoms with Gasteiger partial charge in [-0.3, -0.25) is 0 Å². The second-order valence-corrected chi connectivity index (χ2v) is 11.4. The van der Waals surface area contributed by atoms with Gasteiger partial charge in [0.2, 0.25) is 0 Å². The summed E-state index contributed by atoms with van der Waals surface area (Å²) in [6.07, 6.45) is 0. The van der Waals surface area contributed by atoms with Crippen molar-refractivity contribution in [3.05, 3.63) is 158 Å². The smallest absolute Gasteiger partial charge is 0.136 e. The molecule has 0 radical (unpaired) electrons. The van der Waals surface area contributed by atoms with Gasteiger partial charge >= 0.3 is 0 Å². The van der Waals surface area contributed by atoms with E-state index in [-0.39, 0.29) is 45.7 Å². The Balaban J connectivity index is 1.27. The van der Waals surface area contributed by atoms with Gasteiger partial charge in [0.05, 0.1) is 11.0 Å². The van der Waals surface area contributed by atoms with Gasteiger partial charge in [-0.1, -0.05) is 121 Å². The van der Waals surface area contributed by atoms with Gasteiger partial charge < -0.3 is 8.83 Å². The Morgan fingerprint density at radius 3 is 1.57 bits per heavy atom. The van der Waals surface area contributed by atoms with E-state index in [0.29, 0.717) is 27.8 Å². The van der Waals surface area contributed by atoms with E-state index in [0.717, 1.165) is 49.4 Å². The molecule has 8 aromatic carbocycles. The zero-order valence-corrected chi connectivity index (χ0v) is 24.2. The molecule has 2 heteroatoms. The molecule has 0 atom stereocenters. The van der Waals surface area contributed by atoms with Crippen molar-refractivity contribution in [2.45, 2.75) is 0 Å². The second-order valence-electron chi connectivity index (χ2n) is 11.4. The molecule has 214 valence electrons. The third-order valence-electron chi connectivity index (χ3n) is 8.90. The summed E-state index contributed by atoms with van der Waals surface area (Å²) in [6, 6.07) is 31.3. The lowest BCUT2D eigenvalue weighted by molar-refractivity contribution is 0.663. The number of fused-ring (bicyclic) bond motifs is 9. The van der Waals surface area contributed by atoms with Gasteiger partial charge in [0, 0.05) is 21.5 Å². The molecule has 0 aliphatic rings. The molecule has 0 aliphatic heterocycles. The SMILES string of the molecule is [2H]c1c([2H])c([2H])c2c(-c3cccc(-c4ccc5c(c4)oc4ccc6oc7ccccc7c6c45)c3)c3c([2H])c([2H])c([2H])c([2H])c3c(-c3ccccc3)c2c1[2H]. The van der Waals surface area contributed by atoms with Crippen LogP contribution in [0.3, 0.4) is 0 Å². The minimum atomic E-state index is -0.432. The summed E-state index contributed by atoms with van der Waals surface area (Å²) in [6.45, 7) is 0. The van der Waals surface area contributed by atoms with E-state index in [1.807, 2.05) is 84.9 Å². The summed E-state index contributed by atoms with van der Waals surface area (Å²) < 4.78 is 84.0. The van der Waals surface area contributed by atoms with Crippen LogP contribution >= 0.6 is 0 Å². The maximum absolute atomic E-state index is 9.23. The highest BCUT2D eigenvalue weighted by molar-refractivity contribution is 6.26. The van der Waals surface area contributed by atoms with Crippen LogP contribution in [0.25, 0.3) is 98.8 Å². The Kier molecular flexibility index (Phi) is 3.92. The molecule has 0 unspecified atom stereocenters. The standard InChI is InChI=1S/C44H26O2/c1-2-11-27(12-3-1)41-31-15-4-6-17-33(31)42(34-18-7-5-16-32(34)41)30-14-10-13-28(25-30)29-21-22-36-40(26-29)46-39-24-23-38-43(44(36)39)35-19-8-9-20-37(35)45-38/h1-26H/i4D,5D,6D,7D,15D,16D,17D,18D. The van der Waals surface area contributed by atoms with Gasteiger partial charge in [0.25, 0.3) is 0 Å². The maximum atomic E-state index is 9.23. The first kappa shape index (κ1) is 18.6. The minimum Gasteiger partial charge on any atom is -0.456 e. The first-order valence-electron chi connectivity index (χ1n) is 19.0. The predicted molar refractivity (Wildman–Crippen MR) is 192 cm³/mol. The average molecular weight is 595 g/mol. The summed E-state index contributed by atoms with van der Waals surface area (Å²) >= 11 is 0. The Labute approximate surface area is 276 Å². The van der Waals surface area contributed by atoms with Crippen molar-refractivity contribution in [3.8, 4) is 33.4 Å². The third kappa shape index (κ3) is 3.65. The summed E-state index contributed by atoms with van der Waals surface area (Å²) in [4.78, 5) is 0. The van der Waals surface area contributed by atoms with Crippen LogP contribution in [-0.4, -0.2) is 0 Å². The van der Waals surface area contributed by atoms with Crippen LogP contribution in [-0.2, 0) is 0 Å². The molecule has 10 rings (SSSR count). The van der Waals surface area contributed by atoms with Crippen molar-refractivity contribution in [3.63, 3.8) is 0 Å². The Morgan fingerprint density at radius 2 is 0.870 bits per heavy atom. The van der Waals surface area contributed by atoms with Gasteiger partial charge in [-0.05, 0) is 91.3 Å². The van der Waals surface area contributed by atoms with Crippen molar-refractivity contribution < 1.29 is 19.8 Å². The van der Waals surface area contributed by atoms with Crippen molar-refractivity contribution in [2.75, 3.05) is 0 Å². The molecule has 0 saturated carbocycles. The molecular formula is C44H26O2. The number of rotatable bonds is 3. The zero-order chi connectivity index (χ0) is 37.2. The third-order valence-corrected chi connectivity index (χ3v) is 8.90. The molecule has 0 fully saturated rings. The predicted octanol–water partition coefficient (Wildman–Crippen LogP) is 12.8. The largest absolute Gasteiger partial charge is 0.456 e. The summed E-state index contributed by atoms with van der Waals surface area (Å²) in [5, 5.41) is 4.63. The normalized spacial score (nSPS) is 14.3. The lowest BCUT2D eigenvalue weighted by Gasteiger charge is -2.18. The Bertz CT molecular complexity index is 3170. The highest BCUT2D eigenvalue weighted by atomic mass is 16.3. The maximum Gasteiger partial charge on any atom is 0.136 e. The van der Waals surface area contributed by atoms with Gasteiger partial charge in [0.15, 0.2) is 0 Å². The molecule has 2 heterocycles. The van der Waals surface area contributed by atoms with Crippen LogP contribution in [0.4, 0.5) is 0 Å². The zero-order valence-electron chi connectivity index (χ0n) is 32.2. The topological polar surface area (TPSA) is 26.3 Å². The monoisotopic (exact) mass is 594 g/mol. The quantitative estimate of drug-likeness (QED) is 0.190. The lowest BCUT2D eigenvalue weighted by Crippen LogP contribution is -1.91.